The van der Waals surface area contributed by atoms with Crippen molar-refractivity contribution in [2.24, 2.45) is 23.7 Å². The minimum atomic E-state index is -0.416. The molecule has 4 aromatic carbocycles. The number of rotatable bonds is 9. The van der Waals surface area contributed by atoms with E-state index in [1.165, 1.54) is 0 Å². The van der Waals surface area contributed by atoms with Crippen molar-refractivity contribution in [2.75, 3.05) is 76.6 Å². The van der Waals surface area contributed by atoms with Crippen LogP contribution in [0.25, 0.3) is 0 Å². The van der Waals surface area contributed by atoms with Crippen molar-refractivity contribution in [3.63, 3.8) is 0 Å². The van der Waals surface area contributed by atoms with Crippen LogP contribution in [0.5, 0.6) is 51.7 Å². The van der Waals surface area contributed by atoms with Gasteiger partial charge >= 0.3 is 11.9 Å². The highest BCUT2D eigenvalue weighted by atomic mass is 16.7. The maximum absolute atomic E-state index is 12.9. The second kappa shape index (κ2) is 16.1. The van der Waals surface area contributed by atoms with Gasteiger partial charge in [0.25, 0.3) is 0 Å². The van der Waals surface area contributed by atoms with Crippen molar-refractivity contribution in [2.45, 2.75) is 31.0 Å². The van der Waals surface area contributed by atoms with Crippen LogP contribution in [-0.2, 0) is 28.5 Å². The fourth-order valence-corrected chi connectivity index (χ4v) is 10.2. The minimum Gasteiger partial charge on any atom is -0.496 e. The maximum atomic E-state index is 12.9. The van der Waals surface area contributed by atoms with Crippen molar-refractivity contribution in [1.82, 2.24) is 0 Å². The largest absolute Gasteiger partial charge is 0.496 e. The molecule has 4 aromatic rings. The fourth-order valence-electron chi connectivity index (χ4n) is 10.2. The van der Waals surface area contributed by atoms with E-state index in [0.717, 1.165) is 38.9 Å². The van der Waals surface area contributed by atoms with Crippen LogP contribution in [0.3, 0.4) is 0 Å². The lowest BCUT2D eigenvalue weighted by molar-refractivity contribution is -0.142. The molecule has 2 saturated heterocycles. The van der Waals surface area contributed by atoms with Crippen molar-refractivity contribution >= 4 is 11.9 Å². The third kappa shape index (κ3) is 6.47. The molecule has 6 aliphatic rings. The number of cyclic esters (lactones) is 2. The highest BCUT2D eigenvalue weighted by Crippen LogP contribution is 2.58. The number of benzene rings is 4. The average molecular weight is 841 g/mol. The van der Waals surface area contributed by atoms with Crippen LogP contribution in [0.4, 0.5) is 0 Å². The Kier molecular flexibility index (Phi) is 10.6. The van der Waals surface area contributed by atoms with Crippen LogP contribution in [0.15, 0.2) is 48.5 Å². The topological polar surface area (TPSA) is 154 Å². The van der Waals surface area contributed by atoms with E-state index in [2.05, 4.69) is 0 Å². The highest BCUT2D eigenvalue weighted by Gasteiger charge is 2.54. The number of methoxy groups -OCH3 is 7. The molecule has 4 aliphatic heterocycles. The molecule has 10 rings (SSSR count). The first-order valence-corrected chi connectivity index (χ1v) is 20.0. The summed E-state index contributed by atoms with van der Waals surface area (Å²) in [6, 6.07) is 15.6. The molecule has 4 unspecified atom stereocenters. The number of hydrogen-bond acceptors (Lipinski definition) is 15. The summed E-state index contributed by atoms with van der Waals surface area (Å²) in [4.78, 5) is 25.8. The van der Waals surface area contributed by atoms with Gasteiger partial charge in [0, 0.05) is 43.5 Å². The Hall–Kier alpha value is -6.06. The Labute approximate surface area is 352 Å². The zero-order chi connectivity index (χ0) is 42.7. The van der Waals surface area contributed by atoms with Crippen LogP contribution < -0.4 is 42.6 Å². The van der Waals surface area contributed by atoms with E-state index in [0.29, 0.717) is 65.0 Å². The van der Waals surface area contributed by atoms with Gasteiger partial charge in [0.15, 0.2) is 34.5 Å². The quantitative estimate of drug-likeness (QED) is 0.170. The lowest BCUT2D eigenvalue weighted by Gasteiger charge is -2.38. The molecule has 2 fully saturated rings. The van der Waals surface area contributed by atoms with Gasteiger partial charge in [0.1, 0.15) is 11.5 Å². The van der Waals surface area contributed by atoms with Crippen LogP contribution in [0, 0.1) is 30.6 Å². The molecule has 15 nitrogen and oxygen atoms in total. The molecule has 8 atom stereocenters. The number of fused-ring (bicyclic) bond motifs is 6. The molecule has 61 heavy (non-hydrogen) atoms. The summed E-state index contributed by atoms with van der Waals surface area (Å²) in [6.45, 7) is 2.92. The molecule has 0 radical (unpaired) electrons. The van der Waals surface area contributed by atoms with E-state index >= 15 is 0 Å². The number of carbonyl (C=O) groups is 2. The molecule has 4 heterocycles. The average Bonchev–Trinajstić information content (AvgIpc) is 4.11. The van der Waals surface area contributed by atoms with Crippen molar-refractivity contribution in [3.8, 4) is 51.7 Å². The summed E-state index contributed by atoms with van der Waals surface area (Å²) in [5, 5.41) is 0. The van der Waals surface area contributed by atoms with Gasteiger partial charge in [0.05, 0.1) is 72.8 Å². The molecule has 15 heteroatoms. The Balaban J connectivity index is 0.000000156. The standard InChI is InChI=1S/C23H24O8.C23H24O7/c1-25-17-5-11(6-18(26-2)22(17)28-4)19-12-7-15-16(31-10-30-15)8-13(12)21(27-3)14-9-29-23(24)20(14)19;1-11-16(25-2)5-12(6-17(11)26-3)20-13-7-18-19(30-10-29-18)8-14(13)22(27-4)15-9-28-23(24)21(15)20/h5-8,14,19-21H,9-10H2,1-4H3;5-8,15,20-22H,9-10H2,1-4H3/t14?,19-,20?,21+;15?,20-,21?,22-/m11/s1. The smallest absolute Gasteiger partial charge is 0.310 e. The summed E-state index contributed by atoms with van der Waals surface area (Å²) in [5.74, 6) is 3.63. The zero-order valence-corrected chi connectivity index (χ0v) is 35.2. The summed E-state index contributed by atoms with van der Waals surface area (Å²) >= 11 is 0. The highest BCUT2D eigenvalue weighted by molar-refractivity contribution is 5.80. The molecule has 2 aliphatic carbocycles. The molecule has 0 saturated carbocycles. The summed E-state index contributed by atoms with van der Waals surface area (Å²) in [7, 11) is 11.3. The SMILES string of the molecule is COc1cc([C@@H]2c3cc4c(cc3[C@@H](OC)C3COC(=O)C32)OCO4)cc(OC)c1C.COc1cc([C@@H]2c3cc4c(cc3[C@H](OC)C3COC(=O)C32)OCO4)cc(OC)c1OC. The molecule has 0 amide bonds. The molecule has 0 N–H and O–H groups in total. The number of esters is 2. The maximum Gasteiger partial charge on any atom is 0.310 e. The summed E-state index contributed by atoms with van der Waals surface area (Å²) in [5.41, 5.74) is 6.56. The lowest BCUT2D eigenvalue weighted by Crippen LogP contribution is -2.35. The van der Waals surface area contributed by atoms with E-state index in [4.69, 9.17) is 61.6 Å². The summed E-state index contributed by atoms with van der Waals surface area (Å²) in [6.07, 6.45) is -0.560. The van der Waals surface area contributed by atoms with Crippen LogP contribution in [0.1, 0.15) is 63.0 Å². The van der Waals surface area contributed by atoms with Gasteiger partial charge in [-0.25, -0.2) is 0 Å². The first kappa shape index (κ1) is 40.4. The van der Waals surface area contributed by atoms with Gasteiger partial charge < -0.3 is 61.6 Å². The third-order valence-corrected chi connectivity index (χ3v) is 12.9. The van der Waals surface area contributed by atoms with Gasteiger partial charge in [-0.15, -0.1) is 0 Å². The minimum absolute atomic E-state index is 0.0985. The van der Waals surface area contributed by atoms with Crippen LogP contribution in [-0.4, -0.2) is 88.5 Å². The van der Waals surface area contributed by atoms with Gasteiger partial charge in [0.2, 0.25) is 19.3 Å². The van der Waals surface area contributed by atoms with Gasteiger partial charge in [-0.1, -0.05) is 0 Å². The van der Waals surface area contributed by atoms with Crippen molar-refractivity contribution in [3.05, 3.63) is 87.5 Å². The predicted molar refractivity (Wildman–Crippen MR) is 215 cm³/mol. The Morgan fingerprint density at radius 3 is 1.16 bits per heavy atom. The van der Waals surface area contributed by atoms with Crippen LogP contribution >= 0.6 is 0 Å². The first-order chi connectivity index (χ1) is 29.7. The normalized spacial score (nSPS) is 25.8. The molecular formula is C46H48O15. The van der Waals surface area contributed by atoms with E-state index in [-0.39, 0.29) is 67.3 Å². The zero-order valence-electron chi connectivity index (χ0n) is 35.2. The van der Waals surface area contributed by atoms with E-state index in [1.54, 1.807) is 49.8 Å². The predicted octanol–water partition coefficient (Wildman–Crippen LogP) is 6.43. The van der Waals surface area contributed by atoms with Crippen molar-refractivity contribution < 1.29 is 71.2 Å². The Morgan fingerprint density at radius 2 is 0.820 bits per heavy atom. The molecular weight excluding hydrogens is 792 g/mol. The van der Waals surface area contributed by atoms with E-state index in [1.807, 2.05) is 55.5 Å². The first-order valence-electron chi connectivity index (χ1n) is 20.0. The number of ether oxygens (including phenoxy) is 13. The molecule has 322 valence electrons. The van der Waals surface area contributed by atoms with Gasteiger partial charge in [-0.05, 0) is 88.8 Å². The number of hydrogen-bond donors (Lipinski definition) is 0. The second-order valence-corrected chi connectivity index (χ2v) is 15.6. The van der Waals surface area contributed by atoms with Gasteiger partial charge in [-0.3, -0.25) is 9.59 Å². The Morgan fingerprint density at radius 1 is 0.459 bits per heavy atom. The van der Waals surface area contributed by atoms with Crippen LogP contribution in [0.2, 0.25) is 0 Å². The number of carbonyl (C=O) groups excluding carboxylic acids is 2. The lowest BCUT2D eigenvalue weighted by atomic mass is 9.66. The molecule has 0 spiro atoms. The third-order valence-electron chi connectivity index (χ3n) is 12.9. The molecule has 0 bridgehead atoms. The molecule has 0 aromatic heterocycles. The Bertz CT molecular complexity index is 2330. The summed E-state index contributed by atoms with van der Waals surface area (Å²) < 4.78 is 73.0. The fraction of sp³-hybridized carbons (Fsp3) is 0.435. The van der Waals surface area contributed by atoms with E-state index in [9.17, 15) is 9.59 Å². The van der Waals surface area contributed by atoms with Gasteiger partial charge in [-0.2, -0.15) is 0 Å². The van der Waals surface area contributed by atoms with E-state index < -0.39 is 5.92 Å². The van der Waals surface area contributed by atoms with Crippen molar-refractivity contribution in [1.29, 1.82) is 0 Å². The monoisotopic (exact) mass is 840 g/mol. The second-order valence-electron chi connectivity index (χ2n) is 15.6.